The fourth-order valence-electron chi connectivity index (χ4n) is 9.38. The van der Waals surface area contributed by atoms with Gasteiger partial charge in [0.1, 0.15) is 11.6 Å². The van der Waals surface area contributed by atoms with E-state index in [2.05, 4.69) is 179 Å². The molecule has 0 amide bonds. The number of para-hydroxylation sites is 1. The lowest BCUT2D eigenvalue weighted by molar-refractivity contribution is 0.953. The molecule has 1 aliphatic carbocycles. The number of benzene rings is 6. The second-order valence-electron chi connectivity index (χ2n) is 15.3. The molecule has 0 radical (unpaired) electrons. The second-order valence-corrected chi connectivity index (χ2v) is 17.4. The molecule has 13 rings (SSSR count). The van der Waals surface area contributed by atoms with Gasteiger partial charge >= 0.3 is 0 Å². The molecule has 12 aromatic rings. The summed E-state index contributed by atoms with van der Waals surface area (Å²) in [5, 5.41) is 8.89. The summed E-state index contributed by atoms with van der Waals surface area (Å²) in [6.07, 6.45) is 6.62. The lowest BCUT2D eigenvalue weighted by Crippen LogP contribution is -2.03. The summed E-state index contributed by atoms with van der Waals surface area (Å²) in [6.45, 7) is 0. The van der Waals surface area contributed by atoms with Crippen LogP contribution in [0.2, 0.25) is 0 Å². The summed E-state index contributed by atoms with van der Waals surface area (Å²) in [4.78, 5) is 10.8. The molecule has 0 saturated carbocycles. The van der Waals surface area contributed by atoms with E-state index in [1.54, 1.807) is 0 Å². The lowest BCUT2D eigenvalue weighted by atomic mass is 10.00. The zero-order valence-corrected chi connectivity index (χ0v) is 32.8. The van der Waals surface area contributed by atoms with Gasteiger partial charge in [-0.3, -0.25) is 9.13 Å². The number of hydrogen-bond donors (Lipinski definition) is 0. The number of pyridine rings is 2. The van der Waals surface area contributed by atoms with E-state index >= 15 is 0 Å². The maximum Gasteiger partial charge on any atom is 0.138 e. The Balaban J connectivity index is 1.01. The van der Waals surface area contributed by atoms with E-state index in [0.717, 1.165) is 63.5 Å². The van der Waals surface area contributed by atoms with Crippen LogP contribution >= 0.6 is 22.7 Å². The summed E-state index contributed by atoms with van der Waals surface area (Å²) < 4.78 is 9.95. The third-order valence-corrected chi connectivity index (χ3v) is 14.3. The molecular formula is C52H32N4S2. The minimum atomic E-state index is 0.901. The molecule has 0 N–H and O–H groups in total. The summed E-state index contributed by atoms with van der Waals surface area (Å²) in [5.41, 5.74) is 10.2. The first-order valence-electron chi connectivity index (χ1n) is 19.8. The smallest absolute Gasteiger partial charge is 0.138 e. The Kier molecular flexibility index (Phi) is 6.85. The van der Waals surface area contributed by atoms with Crippen molar-refractivity contribution in [2.75, 3.05) is 0 Å². The first-order valence-corrected chi connectivity index (χ1v) is 21.4. The van der Waals surface area contributed by atoms with Gasteiger partial charge in [0.05, 0.1) is 33.6 Å². The standard InChI is InChI=1S/C52H32N4S2/c1-5-17-43-33(11-1)37-29-38-34-12-2-6-18-44(34)56(52-22-10-16-42(54-52)32-24-26-50-40(28-32)36-14-4-8-20-48(36)58-50)46(38)30-45(37)55(43)51-21-9-15-41(53-51)31-23-25-49-39(27-31)35-13-3-7-19-47(35)57-49/h1,3-11,13-30H,2,12H2. The van der Waals surface area contributed by atoms with E-state index in [-0.39, 0.29) is 0 Å². The van der Waals surface area contributed by atoms with Crippen LogP contribution in [0.4, 0.5) is 0 Å². The van der Waals surface area contributed by atoms with Crippen molar-refractivity contribution in [3.63, 3.8) is 0 Å². The van der Waals surface area contributed by atoms with Gasteiger partial charge in [0.25, 0.3) is 0 Å². The van der Waals surface area contributed by atoms with Crippen LogP contribution in [-0.4, -0.2) is 19.1 Å². The molecule has 1 aliphatic rings. The van der Waals surface area contributed by atoms with Gasteiger partial charge in [-0.15, -0.1) is 22.7 Å². The quantitative estimate of drug-likeness (QED) is 0.178. The van der Waals surface area contributed by atoms with E-state index in [1.165, 1.54) is 67.8 Å². The Hall–Kier alpha value is -6.86. The number of hydrogen-bond acceptors (Lipinski definition) is 4. The van der Waals surface area contributed by atoms with Crippen LogP contribution in [0.1, 0.15) is 17.7 Å². The van der Waals surface area contributed by atoms with E-state index in [9.17, 15) is 0 Å². The minimum absolute atomic E-state index is 0.901. The molecule has 58 heavy (non-hydrogen) atoms. The minimum Gasteiger partial charge on any atom is -0.294 e. The van der Waals surface area contributed by atoms with Crippen LogP contribution in [0.25, 0.3) is 113 Å². The van der Waals surface area contributed by atoms with Gasteiger partial charge in [-0.05, 0) is 103 Å². The van der Waals surface area contributed by atoms with E-state index in [4.69, 9.17) is 9.97 Å². The van der Waals surface area contributed by atoms with Crippen molar-refractivity contribution < 1.29 is 0 Å². The van der Waals surface area contributed by atoms with Crippen LogP contribution in [0.3, 0.4) is 0 Å². The van der Waals surface area contributed by atoms with Crippen molar-refractivity contribution in [2.24, 2.45) is 0 Å². The van der Waals surface area contributed by atoms with Gasteiger partial charge < -0.3 is 0 Å². The molecule has 272 valence electrons. The number of fused-ring (bicyclic) bond motifs is 12. The fourth-order valence-corrected chi connectivity index (χ4v) is 11.5. The van der Waals surface area contributed by atoms with E-state index in [0.29, 0.717) is 0 Å². The Morgan fingerprint density at radius 1 is 0.414 bits per heavy atom. The van der Waals surface area contributed by atoms with Crippen molar-refractivity contribution >= 4 is 102 Å². The molecule has 0 aliphatic heterocycles. The number of nitrogens with zero attached hydrogens (tertiary/aromatic N) is 4. The highest BCUT2D eigenvalue weighted by Gasteiger charge is 2.23. The monoisotopic (exact) mass is 776 g/mol. The zero-order chi connectivity index (χ0) is 37.9. The van der Waals surface area contributed by atoms with Crippen LogP contribution in [0.5, 0.6) is 0 Å². The second kappa shape index (κ2) is 12.3. The molecule has 4 nitrogen and oxygen atoms in total. The largest absolute Gasteiger partial charge is 0.294 e. The highest BCUT2D eigenvalue weighted by atomic mass is 32.1. The Morgan fingerprint density at radius 2 is 0.983 bits per heavy atom. The van der Waals surface area contributed by atoms with Gasteiger partial charge in [0, 0.05) is 67.6 Å². The highest BCUT2D eigenvalue weighted by molar-refractivity contribution is 7.26. The topological polar surface area (TPSA) is 35.6 Å². The molecule has 6 heterocycles. The molecule has 0 spiro atoms. The van der Waals surface area contributed by atoms with Crippen LogP contribution in [-0.2, 0) is 6.42 Å². The van der Waals surface area contributed by atoms with Crippen LogP contribution < -0.4 is 0 Å². The number of allylic oxidation sites excluding steroid dienone is 1. The average molecular weight is 777 g/mol. The van der Waals surface area contributed by atoms with E-state index < -0.39 is 0 Å². The predicted molar refractivity (Wildman–Crippen MR) is 247 cm³/mol. The van der Waals surface area contributed by atoms with Crippen LogP contribution in [0, 0.1) is 0 Å². The van der Waals surface area contributed by atoms with Crippen molar-refractivity contribution in [2.45, 2.75) is 12.8 Å². The molecule has 0 unspecified atom stereocenters. The molecule has 6 heteroatoms. The first kappa shape index (κ1) is 32.2. The summed E-state index contributed by atoms with van der Waals surface area (Å²) >= 11 is 3.69. The van der Waals surface area contributed by atoms with Gasteiger partial charge in [-0.2, -0.15) is 0 Å². The highest BCUT2D eigenvalue weighted by Crippen LogP contribution is 2.42. The maximum atomic E-state index is 5.41. The predicted octanol–water partition coefficient (Wildman–Crippen LogP) is 14.5. The molecule has 0 atom stereocenters. The van der Waals surface area contributed by atoms with Crippen molar-refractivity contribution in [3.05, 3.63) is 175 Å². The van der Waals surface area contributed by atoms with Crippen molar-refractivity contribution in [1.29, 1.82) is 0 Å². The lowest BCUT2D eigenvalue weighted by Gasteiger charge is -2.13. The number of thiophene rings is 2. The maximum absolute atomic E-state index is 5.41. The first-order chi connectivity index (χ1) is 28.7. The van der Waals surface area contributed by atoms with Gasteiger partial charge in [0.2, 0.25) is 0 Å². The normalized spacial score (nSPS) is 13.0. The zero-order valence-electron chi connectivity index (χ0n) is 31.2. The molecule has 0 bridgehead atoms. The number of aromatic nitrogens is 4. The molecule has 6 aromatic carbocycles. The average Bonchev–Trinajstić information content (AvgIpc) is 4.03. The third kappa shape index (κ3) is 4.73. The van der Waals surface area contributed by atoms with Crippen LogP contribution in [0.15, 0.2) is 164 Å². The Morgan fingerprint density at radius 3 is 1.66 bits per heavy atom. The van der Waals surface area contributed by atoms with Gasteiger partial charge in [-0.25, -0.2) is 9.97 Å². The van der Waals surface area contributed by atoms with Crippen molar-refractivity contribution in [3.8, 4) is 34.2 Å². The van der Waals surface area contributed by atoms with Crippen molar-refractivity contribution in [1.82, 2.24) is 19.1 Å². The summed E-state index contributed by atoms with van der Waals surface area (Å²) in [7, 11) is 0. The van der Waals surface area contributed by atoms with Gasteiger partial charge in [-0.1, -0.05) is 84.9 Å². The molecule has 0 saturated heterocycles. The number of rotatable bonds is 4. The number of aryl methyl sites for hydroxylation is 1. The van der Waals surface area contributed by atoms with Gasteiger partial charge in [0.15, 0.2) is 0 Å². The van der Waals surface area contributed by atoms with E-state index in [1.807, 2.05) is 22.7 Å². The summed E-state index contributed by atoms with van der Waals surface area (Å²) in [6, 6.07) is 57.3. The fraction of sp³-hybridized carbons (Fsp3) is 0.0385. The summed E-state index contributed by atoms with van der Waals surface area (Å²) in [5.74, 6) is 1.82. The Labute approximate surface area is 341 Å². The Bertz CT molecular complexity index is 3710. The molecule has 6 aromatic heterocycles. The molecule has 0 fully saturated rings. The SMILES string of the molecule is C1=Cc2c(c3cc4c5ccccc5n(-c5cccc(-c6ccc7sc8ccccc8c7c6)n5)c4cc3n2-c2cccc(-c3ccc4sc5ccccc5c4c3)n2)CC1. The third-order valence-electron chi connectivity index (χ3n) is 12.0. The molecular weight excluding hydrogens is 745 g/mol.